The molecule has 0 bridgehead atoms. The minimum absolute atomic E-state index is 0.00293. The van der Waals surface area contributed by atoms with E-state index in [1.165, 1.54) is 0 Å². The molecule has 0 saturated carbocycles. The van der Waals surface area contributed by atoms with E-state index >= 15 is 0 Å². The highest BCUT2D eigenvalue weighted by Crippen LogP contribution is 2.41. The average Bonchev–Trinajstić information content (AvgIpc) is 3.23. The number of anilines is 1. The molecule has 0 saturated heterocycles. The zero-order valence-electron chi connectivity index (χ0n) is 18.0. The summed E-state index contributed by atoms with van der Waals surface area (Å²) < 4.78 is 6.02. The zero-order valence-corrected chi connectivity index (χ0v) is 18.0. The van der Waals surface area contributed by atoms with Crippen LogP contribution in [0.25, 0.3) is 22.5 Å². The molecule has 3 aromatic carbocycles. The van der Waals surface area contributed by atoms with Crippen molar-refractivity contribution in [3.8, 4) is 28.5 Å². The molecule has 4 aromatic rings. The van der Waals surface area contributed by atoms with Crippen LogP contribution in [0.3, 0.4) is 0 Å². The highest BCUT2D eigenvalue weighted by Gasteiger charge is 2.24. The Morgan fingerprint density at radius 1 is 0.788 bits per heavy atom. The van der Waals surface area contributed by atoms with E-state index in [4.69, 9.17) is 4.42 Å². The number of hydrogen-bond donors (Lipinski definition) is 1. The van der Waals surface area contributed by atoms with E-state index in [2.05, 4.69) is 11.4 Å². The number of nitrogens with one attached hydrogen (secondary N) is 1. The third kappa shape index (κ3) is 5.08. The van der Waals surface area contributed by atoms with Crippen LogP contribution in [0.4, 0.5) is 5.88 Å². The number of benzene rings is 3. The molecule has 33 heavy (non-hydrogen) atoms. The van der Waals surface area contributed by atoms with Crippen molar-refractivity contribution >= 4 is 17.6 Å². The summed E-state index contributed by atoms with van der Waals surface area (Å²) >= 11 is 0. The van der Waals surface area contributed by atoms with Crippen LogP contribution < -0.4 is 5.32 Å². The second-order valence-corrected chi connectivity index (χ2v) is 7.55. The number of nitriles is 1. The predicted molar refractivity (Wildman–Crippen MR) is 128 cm³/mol. The van der Waals surface area contributed by atoms with E-state index in [1.807, 2.05) is 78.9 Å². The summed E-state index contributed by atoms with van der Waals surface area (Å²) in [6.07, 6.45) is 0.815. The smallest absolute Gasteiger partial charge is 0.226 e. The van der Waals surface area contributed by atoms with Crippen molar-refractivity contribution in [2.45, 2.75) is 19.3 Å². The van der Waals surface area contributed by atoms with Gasteiger partial charge in [0.25, 0.3) is 0 Å². The molecule has 0 fully saturated rings. The molecular weight excluding hydrogens is 412 g/mol. The summed E-state index contributed by atoms with van der Waals surface area (Å²) in [7, 11) is 0. The molecule has 1 amide bonds. The molecule has 0 spiro atoms. The molecule has 0 atom stereocenters. The molecule has 1 aromatic heterocycles. The lowest BCUT2D eigenvalue weighted by Crippen LogP contribution is -2.12. The average molecular weight is 434 g/mol. The lowest BCUT2D eigenvalue weighted by molar-refractivity contribution is -0.116. The zero-order chi connectivity index (χ0) is 23.0. The van der Waals surface area contributed by atoms with E-state index in [9.17, 15) is 14.9 Å². The SMILES string of the molecule is N#Cc1c(NC(=O)CCCC(=O)c2ccccc2)oc(-c2ccccc2)c1-c1ccccc1. The van der Waals surface area contributed by atoms with Crippen LogP contribution in [-0.2, 0) is 4.79 Å². The molecular formula is C28H22N2O3. The molecule has 5 nitrogen and oxygen atoms in total. The third-order valence-electron chi connectivity index (χ3n) is 5.27. The molecule has 0 aliphatic rings. The third-order valence-corrected chi connectivity index (χ3v) is 5.27. The molecule has 5 heteroatoms. The van der Waals surface area contributed by atoms with E-state index in [0.717, 1.165) is 11.1 Å². The summed E-state index contributed by atoms with van der Waals surface area (Å²) in [5.74, 6) is 0.333. The Labute approximate surface area is 192 Å². The van der Waals surface area contributed by atoms with Crippen LogP contribution in [0.5, 0.6) is 0 Å². The number of nitrogens with zero attached hydrogens (tertiary/aromatic N) is 1. The molecule has 0 aliphatic heterocycles. The highest BCUT2D eigenvalue weighted by molar-refractivity contribution is 5.97. The topological polar surface area (TPSA) is 83.1 Å². The Hall–Kier alpha value is -4.43. The van der Waals surface area contributed by atoms with Gasteiger partial charge in [0, 0.05) is 29.5 Å². The van der Waals surface area contributed by atoms with Gasteiger partial charge < -0.3 is 4.42 Å². The number of carbonyl (C=O) groups excluding carboxylic acids is 2. The first-order chi connectivity index (χ1) is 16.2. The van der Waals surface area contributed by atoms with E-state index < -0.39 is 0 Å². The summed E-state index contributed by atoms with van der Waals surface area (Å²) in [4.78, 5) is 24.9. The van der Waals surface area contributed by atoms with Crippen LogP contribution in [0.1, 0.15) is 35.2 Å². The fourth-order valence-electron chi connectivity index (χ4n) is 3.67. The first-order valence-corrected chi connectivity index (χ1v) is 10.7. The largest absolute Gasteiger partial charge is 0.438 e. The van der Waals surface area contributed by atoms with E-state index in [-0.39, 0.29) is 36.0 Å². The maximum Gasteiger partial charge on any atom is 0.226 e. The Kier molecular flexibility index (Phi) is 6.77. The Morgan fingerprint density at radius 3 is 1.97 bits per heavy atom. The second-order valence-electron chi connectivity index (χ2n) is 7.55. The summed E-state index contributed by atoms with van der Waals surface area (Å²) in [6.45, 7) is 0. The minimum atomic E-state index is -0.305. The molecule has 162 valence electrons. The van der Waals surface area contributed by atoms with Crippen molar-refractivity contribution in [2.24, 2.45) is 0 Å². The molecule has 1 N–H and O–H groups in total. The summed E-state index contributed by atoms with van der Waals surface area (Å²) in [5, 5.41) is 12.6. The van der Waals surface area contributed by atoms with Crippen molar-refractivity contribution < 1.29 is 14.0 Å². The monoisotopic (exact) mass is 434 g/mol. The van der Waals surface area contributed by atoms with Gasteiger partial charge in [0.15, 0.2) is 5.78 Å². The van der Waals surface area contributed by atoms with Gasteiger partial charge in [0.2, 0.25) is 11.8 Å². The predicted octanol–water partition coefficient (Wildman–Crippen LogP) is 6.48. The number of carbonyl (C=O) groups is 2. The van der Waals surface area contributed by atoms with E-state index in [1.54, 1.807) is 12.1 Å². The van der Waals surface area contributed by atoms with Gasteiger partial charge >= 0.3 is 0 Å². The maximum absolute atomic E-state index is 12.6. The number of amides is 1. The lowest BCUT2D eigenvalue weighted by atomic mass is 9.98. The number of ketones is 1. The minimum Gasteiger partial charge on any atom is -0.438 e. The molecule has 0 unspecified atom stereocenters. The van der Waals surface area contributed by atoms with Crippen LogP contribution in [0.2, 0.25) is 0 Å². The Balaban J connectivity index is 1.54. The fourth-order valence-corrected chi connectivity index (χ4v) is 3.67. The van der Waals surface area contributed by atoms with Gasteiger partial charge in [0.1, 0.15) is 17.4 Å². The van der Waals surface area contributed by atoms with Crippen molar-refractivity contribution in [1.29, 1.82) is 5.26 Å². The van der Waals surface area contributed by atoms with Gasteiger partial charge in [-0.3, -0.25) is 14.9 Å². The van der Waals surface area contributed by atoms with Gasteiger partial charge in [-0.2, -0.15) is 5.26 Å². The Bertz CT molecular complexity index is 1290. The second kappa shape index (κ2) is 10.3. The number of hydrogen-bond acceptors (Lipinski definition) is 4. The first kappa shape index (κ1) is 21.8. The number of rotatable bonds is 8. The quantitative estimate of drug-likeness (QED) is 0.322. The standard InChI is InChI=1S/C28H22N2O3/c29-19-23-26(21-13-6-2-7-14-21)27(22-15-8-3-9-16-22)33-28(23)30-25(32)18-10-17-24(31)20-11-4-1-5-12-20/h1-9,11-16H,10,17-18H2,(H,30,32). The summed E-state index contributed by atoms with van der Waals surface area (Å²) in [6, 6.07) is 30.2. The van der Waals surface area contributed by atoms with Gasteiger partial charge in [-0.05, 0) is 12.0 Å². The van der Waals surface area contributed by atoms with E-state index in [0.29, 0.717) is 23.3 Å². The number of Topliss-reactive ketones (excluding diaryl/α,β-unsaturated/α-hetero) is 1. The molecule has 4 rings (SSSR count). The molecule has 0 aliphatic carbocycles. The van der Waals surface area contributed by atoms with Crippen LogP contribution in [0, 0.1) is 11.3 Å². The maximum atomic E-state index is 12.6. The summed E-state index contributed by atoms with van der Waals surface area (Å²) in [5.41, 5.74) is 3.18. The van der Waals surface area contributed by atoms with Crippen molar-refractivity contribution in [2.75, 3.05) is 5.32 Å². The Morgan fingerprint density at radius 2 is 1.36 bits per heavy atom. The van der Waals surface area contributed by atoms with Crippen molar-refractivity contribution in [3.63, 3.8) is 0 Å². The number of furan rings is 1. The van der Waals surface area contributed by atoms with Gasteiger partial charge in [0.05, 0.1) is 0 Å². The van der Waals surface area contributed by atoms with Crippen LogP contribution >= 0.6 is 0 Å². The first-order valence-electron chi connectivity index (χ1n) is 10.7. The van der Waals surface area contributed by atoms with Crippen molar-refractivity contribution in [1.82, 2.24) is 0 Å². The normalized spacial score (nSPS) is 10.4. The lowest BCUT2D eigenvalue weighted by Gasteiger charge is -2.03. The van der Waals surface area contributed by atoms with Crippen LogP contribution in [-0.4, -0.2) is 11.7 Å². The molecule has 1 heterocycles. The van der Waals surface area contributed by atoms with Gasteiger partial charge in [-0.15, -0.1) is 0 Å². The molecule has 0 radical (unpaired) electrons. The highest BCUT2D eigenvalue weighted by atomic mass is 16.4. The fraction of sp³-hybridized carbons (Fsp3) is 0.107. The van der Waals surface area contributed by atoms with Crippen molar-refractivity contribution in [3.05, 3.63) is 102 Å². The van der Waals surface area contributed by atoms with Gasteiger partial charge in [-0.25, -0.2) is 0 Å². The van der Waals surface area contributed by atoms with Gasteiger partial charge in [-0.1, -0.05) is 91.0 Å². The van der Waals surface area contributed by atoms with Crippen LogP contribution in [0.15, 0.2) is 95.4 Å².